The summed E-state index contributed by atoms with van der Waals surface area (Å²) in [7, 11) is 0. The van der Waals surface area contributed by atoms with E-state index in [-0.39, 0.29) is 23.2 Å². The van der Waals surface area contributed by atoms with Gasteiger partial charge in [-0.05, 0) is 24.8 Å². The summed E-state index contributed by atoms with van der Waals surface area (Å²) in [6, 6.07) is 2.92. The zero-order valence-corrected chi connectivity index (χ0v) is 10.7. The number of benzene rings is 1. The zero-order valence-electron chi connectivity index (χ0n) is 9.94. The zero-order chi connectivity index (χ0) is 14.0. The summed E-state index contributed by atoms with van der Waals surface area (Å²) in [4.78, 5) is 21.5. The Balaban J connectivity index is 2.00. The van der Waals surface area contributed by atoms with Gasteiger partial charge in [0.25, 0.3) is 11.6 Å². The molecule has 1 amide bonds. The van der Waals surface area contributed by atoms with E-state index in [1.165, 1.54) is 0 Å². The van der Waals surface area contributed by atoms with Gasteiger partial charge in [0.1, 0.15) is 5.82 Å². The van der Waals surface area contributed by atoms with E-state index in [0.29, 0.717) is 5.92 Å². The third-order valence-electron chi connectivity index (χ3n) is 3.00. The summed E-state index contributed by atoms with van der Waals surface area (Å²) in [5.74, 6) is -1.10. The molecule has 1 fully saturated rings. The molecule has 1 aliphatic rings. The fourth-order valence-corrected chi connectivity index (χ4v) is 2.04. The summed E-state index contributed by atoms with van der Waals surface area (Å²) in [5.41, 5.74) is -0.604. The first-order chi connectivity index (χ1) is 8.99. The second-order valence-electron chi connectivity index (χ2n) is 4.48. The van der Waals surface area contributed by atoms with Crippen LogP contribution in [0.1, 0.15) is 23.2 Å². The smallest absolute Gasteiger partial charge is 0.272 e. The standard InChI is InChI=1S/C12H12ClFN2O3/c13-10(7-1-2-7)6-15-12(17)9-4-3-8(16(18)19)5-11(9)14/h3-5,7,10H,1-2,6H2,(H,15,17). The Hall–Kier alpha value is -1.69. The Morgan fingerprint density at radius 1 is 1.58 bits per heavy atom. The van der Waals surface area contributed by atoms with E-state index in [4.69, 9.17) is 11.6 Å². The number of non-ortho nitro benzene ring substituents is 1. The number of halogens is 2. The van der Waals surface area contributed by atoms with Crippen molar-refractivity contribution in [1.82, 2.24) is 5.32 Å². The van der Waals surface area contributed by atoms with E-state index in [2.05, 4.69) is 5.32 Å². The second-order valence-corrected chi connectivity index (χ2v) is 5.05. The van der Waals surface area contributed by atoms with Gasteiger partial charge in [-0.1, -0.05) is 0 Å². The number of nitro benzene ring substituents is 1. The molecule has 0 radical (unpaired) electrons. The molecule has 5 nitrogen and oxygen atoms in total. The van der Waals surface area contributed by atoms with Crippen LogP contribution < -0.4 is 5.32 Å². The molecule has 0 spiro atoms. The van der Waals surface area contributed by atoms with E-state index in [0.717, 1.165) is 31.0 Å². The average Bonchev–Trinajstić information content (AvgIpc) is 3.19. The van der Waals surface area contributed by atoms with Gasteiger partial charge in [0.2, 0.25) is 0 Å². The molecule has 1 aliphatic carbocycles. The molecule has 7 heteroatoms. The molecule has 1 N–H and O–H groups in total. The van der Waals surface area contributed by atoms with Crippen molar-refractivity contribution < 1.29 is 14.1 Å². The van der Waals surface area contributed by atoms with Gasteiger partial charge in [-0.25, -0.2) is 4.39 Å². The first kappa shape index (κ1) is 13.7. The predicted octanol–water partition coefficient (Wildman–Crippen LogP) is 2.48. The van der Waals surface area contributed by atoms with E-state index in [1.807, 2.05) is 0 Å². The average molecular weight is 287 g/mol. The fourth-order valence-electron chi connectivity index (χ4n) is 1.71. The number of amides is 1. The molecule has 0 bridgehead atoms. The number of hydrogen-bond acceptors (Lipinski definition) is 3. The van der Waals surface area contributed by atoms with Crippen LogP contribution in [0.15, 0.2) is 18.2 Å². The first-order valence-electron chi connectivity index (χ1n) is 5.85. The Labute approximate surface area is 113 Å². The lowest BCUT2D eigenvalue weighted by Gasteiger charge is -2.10. The molecule has 1 aromatic rings. The number of carbonyl (C=O) groups excluding carboxylic acids is 1. The Bertz CT molecular complexity index is 520. The molecule has 1 aromatic carbocycles. The minimum Gasteiger partial charge on any atom is -0.350 e. The van der Waals surface area contributed by atoms with Crippen molar-refractivity contribution in [2.75, 3.05) is 6.54 Å². The highest BCUT2D eigenvalue weighted by atomic mass is 35.5. The molecule has 0 aromatic heterocycles. The number of alkyl halides is 1. The molecular formula is C12H12ClFN2O3. The van der Waals surface area contributed by atoms with Crippen LogP contribution in [-0.4, -0.2) is 22.8 Å². The van der Waals surface area contributed by atoms with Crippen molar-refractivity contribution in [2.45, 2.75) is 18.2 Å². The van der Waals surface area contributed by atoms with Crippen molar-refractivity contribution in [2.24, 2.45) is 5.92 Å². The minimum absolute atomic E-state index is 0.148. The van der Waals surface area contributed by atoms with Crippen LogP contribution in [0.5, 0.6) is 0 Å². The SMILES string of the molecule is O=C(NCC(Cl)C1CC1)c1ccc([N+](=O)[O-])cc1F. The highest BCUT2D eigenvalue weighted by molar-refractivity contribution is 6.21. The van der Waals surface area contributed by atoms with Crippen LogP contribution in [0.2, 0.25) is 0 Å². The normalized spacial score (nSPS) is 15.9. The van der Waals surface area contributed by atoms with E-state index < -0.39 is 16.6 Å². The molecular weight excluding hydrogens is 275 g/mol. The van der Waals surface area contributed by atoms with Gasteiger partial charge < -0.3 is 5.32 Å². The predicted molar refractivity (Wildman–Crippen MR) is 67.8 cm³/mol. The Morgan fingerprint density at radius 3 is 2.79 bits per heavy atom. The first-order valence-corrected chi connectivity index (χ1v) is 6.29. The molecule has 1 saturated carbocycles. The van der Waals surface area contributed by atoms with Gasteiger partial charge >= 0.3 is 0 Å². The number of nitrogens with one attached hydrogen (secondary N) is 1. The van der Waals surface area contributed by atoms with Gasteiger partial charge in [0.15, 0.2) is 0 Å². The molecule has 0 saturated heterocycles. The monoisotopic (exact) mass is 286 g/mol. The molecule has 0 heterocycles. The highest BCUT2D eigenvalue weighted by Crippen LogP contribution is 2.35. The van der Waals surface area contributed by atoms with Gasteiger partial charge in [0, 0.05) is 12.6 Å². The van der Waals surface area contributed by atoms with E-state index >= 15 is 0 Å². The fraction of sp³-hybridized carbons (Fsp3) is 0.417. The molecule has 1 atom stereocenters. The largest absolute Gasteiger partial charge is 0.350 e. The Kier molecular flexibility index (Phi) is 3.99. The minimum atomic E-state index is -0.913. The second kappa shape index (κ2) is 5.52. The number of nitro groups is 1. The number of hydrogen-bond donors (Lipinski definition) is 1. The summed E-state index contributed by atoms with van der Waals surface area (Å²) < 4.78 is 13.6. The lowest BCUT2D eigenvalue weighted by Crippen LogP contribution is -2.31. The van der Waals surface area contributed by atoms with Gasteiger partial charge in [-0.2, -0.15) is 0 Å². The number of rotatable bonds is 5. The van der Waals surface area contributed by atoms with Crippen molar-refractivity contribution >= 4 is 23.2 Å². The Morgan fingerprint density at radius 2 is 2.26 bits per heavy atom. The number of nitrogens with zero attached hydrogens (tertiary/aromatic N) is 1. The quantitative estimate of drug-likeness (QED) is 0.513. The van der Waals surface area contributed by atoms with Crippen molar-refractivity contribution in [3.05, 3.63) is 39.7 Å². The van der Waals surface area contributed by atoms with Crippen LogP contribution in [0.4, 0.5) is 10.1 Å². The van der Waals surface area contributed by atoms with Crippen molar-refractivity contribution in [1.29, 1.82) is 0 Å². The number of carbonyl (C=O) groups is 1. The van der Waals surface area contributed by atoms with Gasteiger partial charge in [-0.3, -0.25) is 14.9 Å². The molecule has 2 rings (SSSR count). The van der Waals surface area contributed by atoms with Crippen molar-refractivity contribution in [3.63, 3.8) is 0 Å². The third kappa shape index (κ3) is 3.41. The summed E-state index contributed by atoms with van der Waals surface area (Å²) in [6.07, 6.45) is 2.10. The van der Waals surface area contributed by atoms with Crippen molar-refractivity contribution in [3.8, 4) is 0 Å². The highest BCUT2D eigenvalue weighted by Gasteiger charge is 2.30. The summed E-state index contributed by atoms with van der Waals surface area (Å²) in [5, 5.41) is 12.8. The maximum atomic E-state index is 13.6. The van der Waals surface area contributed by atoms with E-state index in [1.54, 1.807) is 0 Å². The van der Waals surface area contributed by atoms with Crippen LogP contribution >= 0.6 is 11.6 Å². The van der Waals surface area contributed by atoms with Gasteiger partial charge in [-0.15, -0.1) is 11.6 Å². The topological polar surface area (TPSA) is 72.2 Å². The van der Waals surface area contributed by atoms with Crippen LogP contribution in [0, 0.1) is 21.8 Å². The molecule has 1 unspecified atom stereocenters. The van der Waals surface area contributed by atoms with Crippen LogP contribution in [0.3, 0.4) is 0 Å². The molecule has 19 heavy (non-hydrogen) atoms. The van der Waals surface area contributed by atoms with Crippen LogP contribution in [0.25, 0.3) is 0 Å². The molecule has 102 valence electrons. The lowest BCUT2D eigenvalue weighted by atomic mass is 10.1. The maximum absolute atomic E-state index is 13.6. The maximum Gasteiger partial charge on any atom is 0.272 e. The molecule has 0 aliphatic heterocycles. The summed E-state index contributed by atoms with van der Waals surface area (Å²) >= 11 is 6.02. The summed E-state index contributed by atoms with van der Waals surface area (Å²) in [6.45, 7) is 0.265. The van der Waals surface area contributed by atoms with Gasteiger partial charge in [0.05, 0.1) is 21.9 Å². The van der Waals surface area contributed by atoms with E-state index in [9.17, 15) is 19.3 Å². The third-order valence-corrected chi connectivity index (χ3v) is 3.51. The lowest BCUT2D eigenvalue weighted by molar-refractivity contribution is -0.385. The van der Waals surface area contributed by atoms with Crippen LogP contribution in [-0.2, 0) is 0 Å².